The second-order valence-corrected chi connectivity index (χ2v) is 10.1. The van der Waals surface area contributed by atoms with Crippen LogP contribution in [0.2, 0.25) is 0 Å². The van der Waals surface area contributed by atoms with Gasteiger partial charge in [0, 0.05) is 45.0 Å². The number of nitrogens with zero attached hydrogens (tertiary/aromatic N) is 2. The van der Waals surface area contributed by atoms with Crippen LogP contribution in [0.15, 0.2) is 47.4 Å². The van der Waals surface area contributed by atoms with Crippen molar-refractivity contribution >= 4 is 38.9 Å². The molecule has 34 heavy (non-hydrogen) atoms. The molecule has 0 unspecified atom stereocenters. The number of hydrogen-bond acceptors (Lipinski definition) is 6. The fourth-order valence-corrected chi connectivity index (χ4v) is 5.30. The average molecular weight is 489 g/mol. The molecule has 1 atom stereocenters. The summed E-state index contributed by atoms with van der Waals surface area (Å²) in [6, 6.07) is 11.3. The fraction of sp³-hybridized carbons (Fsp3) is 0.417. The Hall–Kier alpha value is -2.95. The smallest absolute Gasteiger partial charge is 0.255 e. The molecule has 1 fully saturated rings. The van der Waals surface area contributed by atoms with Crippen LogP contribution in [-0.4, -0.2) is 64.4 Å². The first-order chi connectivity index (χ1) is 16.2. The van der Waals surface area contributed by atoms with Crippen LogP contribution in [0.1, 0.15) is 37.0 Å². The summed E-state index contributed by atoms with van der Waals surface area (Å²) in [5.41, 5.74) is 1.84. The number of carbonyl (C=O) groups is 2. The third kappa shape index (κ3) is 5.75. The highest BCUT2D eigenvalue weighted by atomic mass is 32.2. The van der Waals surface area contributed by atoms with Gasteiger partial charge in [-0.05, 0) is 49.2 Å². The van der Waals surface area contributed by atoms with Crippen LogP contribution < -0.4 is 15.5 Å². The zero-order chi connectivity index (χ0) is 24.9. The molecule has 10 heteroatoms. The van der Waals surface area contributed by atoms with E-state index in [-0.39, 0.29) is 10.8 Å². The Morgan fingerprint density at radius 2 is 1.79 bits per heavy atom. The van der Waals surface area contributed by atoms with Gasteiger partial charge in [-0.25, -0.2) is 8.42 Å². The first kappa shape index (κ1) is 25.7. The molecule has 0 radical (unpaired) electrons. The highest BCUT2D eigenvalue weighted by Crippen LogP contribution is 2.30. The van der Waals surface area contributed by atoms with Crippen LogP contribution >= 0.6 is 0 Å². The molecule has 2 N–H and O–H groups in total. The van der Waals surface area contributed by atoms with Crippen molar-refractivity contribution in [2.24, 2.45) is 0 Å². The van der Waals surface area contributed by atoms with Crippen LogP contribution in [0, 0.1) is 0 Å². The first-order valence-corrected chi connectivity index (χ1v) is 12.8. The lowest BCUT2D eigenvalue weighted by atomic mass is 10.1. The maximum atomic E-state index is 13.1. The zero-order valence-corrected chi connectivity index (χ0v) is 20.8. The SMILES string of the molecule is CCN(CC)S(=O)(=O)c1ccc(N(C)C)c(NC(=O)c2cccc(NC(=O)[C@H]3CCCO3)c2)c1. The number of amides is 2. The molecule has 1 heterocycles. The van der Waals surface area contributed by atoms with Crippen molar-refractivity contribution in [2.75, 3.05) is 49.3 Å². The maximum absolute atomic E-state index is 13.1. The van der Waals surface area contributed by atoms with E-state index in [1.807, 2.05) is 14.1 Å². The average Bonchev–Trinajstić information content (AvgIpc) is 3.35. The molecular weight excluding hydrogens is 456 g/mol. The summed E-state index contributed by atoms with van der Waals surface area (Å²) in [7, 11) is -0.0702. The molecule has 0 bridgehead atoms. The Balaban J connectivity index is 1.85. The topological polar surface area (TPSA) is 108 Å². The minimum Gasteiger partial charge on any atom is -0.376 e. The summed E-state index contributed by atoms with van der Waals surface area (Å²) in [6.45, 7) is 4.82. The third-order valence-electron chi connectivity index (χ3n) is 5.66. The van der Waals surface area contributed by atoms with Crippen LogP contribution in [0.5, 0.6) is 0 Å². The molecule has 1 saturated heterocycles. The Morgan fingerprint density at radius 1 is 1.06 bits per heavy atom. The van der Waals surface area contributed by atoms with E-state index in [4.69, 9.17) is 4.74 Å². The second kappa shape index (κ2) is 11.0. The lowest BCUT2D eigenvalue weighted by Gasteiger charge is -2.22. The predicted octanol–water partition coefficient (Wildman–Crippen LogP) is 3.15. The van der Waals surface area contributed by atoms with Gasteiger partial charge in [-0.15, -0.1) is 0 Å². The van der Waals surface area contributed by atoms with Gasteiger partial charge in [0.15, 0.2) is 0 Å². The Bertz CT molecular complexity index is 1140. The maximum Gasteiger partial charge on any atom is 0.255 e. The summed E-state index contributed by atoms with van der Waals surface area (Å²) in [5.74, 6) is -0.659. The van der Waals surface area contributed by atoms with E-state index < -0.39 is 22.0 Å². The van der Waals surface area contributed by atoms with E-state index in [1.165, 1.54) is 10.4 Å². The number of carbonyl (C=O) groups excluding carboxylic acids is 2. The number of benzene rings is 2. The zero-order valence-electron chi connectivity index (χ0n) is 20.0. The number of rotatable bonds is 9. The molecule has 2 aromatic rings. The van der Waals surface area contributed by atoms with E-state index in [0.717, 1.165) is 6.42 Å². The number of hydrogen-bond donors (Lipinski definition) is 2. The minimum absolute atomic E-state index is 0.106. The van der Waals surface area contributed by atoms with Crippen molar-refractivity contribution in [1.82, 2.24) is 4.31 Å². The second-order valence-electron chi connectivity index (χ2n) is 8.19. The van der Waals surface area contributed by atoms with E-state index in [9.17, 15) is 18.0 Å². The molecule has 2 aromatic carbocycles. The van der Waals surface area contributed by atoms with Gasteiger partial charge in [-0.3, -0.25) is 9.59 Å². The van der Waals surface area contributed by atoms with Gasteiger partial charge in [0.1, 0.15) is 6.10 Å². The number of anilines is 3. The van der Waals surface area contributed by atoms with Crippen molar-refractivity contribution in [3.63, 3.8) is 0 Å². The summed E-state index contributed by atoms with van der Waals surface area (Å²) in [4.78, 5) is 27.3. The van der Waals surface area contributed by atoms with Crippen LogP contribution in [0.4, 0.5) is 17.1 Å². The van der Waals surface area contributed by atoms with E-state index in [1.54, 1.807) is 55.1 Å². The van der Waals surface area contributed by atoms with Crippen molar-refractivity contribution in [3.8, 4) is 0 Å². The molecule has 0 aliphatic carbocycles. The Morgan fingerprint density at radius 3 is 2.41 bits per heavy atom. The van der Waals surface area contributed by atoms with Crippen LogP contribution in [-0.2, 0) is 19.6 Å². The summed E-state index contributed by atoms with van der Waals surface area (Å²) in [5, 5.41) is 5.62. The number of ether oxygens (including phenoxy) is 1. The Labute approximate surface area is 201 Å². The van der Waals surface area contributed by atoms with Gasteiger partial charge < -0.3 is 20.3 Å². The third-order valence-corrected chi connectivity index (χ3v) is 7.70. The van der Waals surface area contributed by atoms with E-state index >= 15 is 0 Å². The normalized spacial score (nSPS) is 15.9. The summed E-state index contributed by atoms with van der Waals surface area (Å²) in [6.07, 6.45) is 1.04. The molecule has 2 amide bonds. The molecule has 0 spiro atoms. The highest BCUT2D eigenvalue weighted by Gasteiger charge is 2.25. The quantitative estimate of drug-likeness (QED) is 0.561. The lowest BCUT2D eigenvalue weighted by Crippen LogP contribution is -2.30. The van der Waals surface area contributed by atoms with Gasteiger partial charge >= 0.3 is 0 Å². The molecule has 1 aliphatic heterocycles. The molecule has 0 saturated carbocycles. The van der Waals surface area contributed by atoms with Gasteiger partial charge in [0.2, 0.25) is 10.0 Å². The monoisotopic (exact) mass is 488 g/mol. The van der Waals surface area contributed by atoms with Gasteiger partial charge in [0.25, 0.3) is 11.8 Å². The van der Waals surface area contributed by atoms with Crippen LogP contribution in [0.25, 0.3) is 0 Å². The molecule has 9 nitrogen and oxygen atoms in total. The fourth-order valence-electron chi connectivity index (χ4n) is 3.82. The van der Waals surface area contributed by atoms with Gasteiger partial charge in [-0.1, -0.05) is 19.9 Å². The molecule has 3 rings (SSSR count). The number of sulfonamides is 1. The standard InChI is InChI=1S/C24H32N4O5S/c1-5-28(6-2)34(31,32)19-12-13-21(27(3)4)20(16-19)26-23(29)17-9-7-10-18(15-17)25-24(30)22-11-8-14-33-22/h7,9-10,12-13,15-16,22H,5-6,8,11,14H2,1-4H3,(H,25,30)(H,26,29)/t22-/m1/s1. The van der Waals surface area contributed by atoms with E-state index in [0.29, 0.717) is 48.7 Å². The highest BCUT2D eigenvalue weighted by molar-refractivity contribution is 7.89. The van der Waals surface area contributed by atoms with Crippen molar-refractivity contribution in [2.45, 2.75) is 37.7 Å². The lowest BCUT2D eigenvalue weighted by molar-refractivity contribution is -0.124. The van der Waals surface area contributed by atoms with Gasteiger partial charge in [-0.2, -0.15) is 4.31 Å². The van der Waals surface area contributed by atoms with Crippen molar-refractivity contribution in [1.29, 1.82) is 0 Å². The minimum atomic E-state index is -3.69. The van der Waals surface area contributed by atoms with Crippen molar-refractivity contribution < 1.29 is 22.7 Å². The molecule has 1 aliphatic rings. The predicted molar refractivity (Wildman–Crippen MR) is 133 cm³/mol. The van der Waals surface area contributed by atoms with Crippen molar-refractivity contribution in [3.05, 3.63) is 48.0 Å². The first-order valence-electron chi connectivity index (χ1n) is 11.3. The molecule has 0 aromatic heterocycles. The molecule has 184 valence electrons. The van der Waals surface area contributed by atoms with E-state index in [2.05, 4.69) is 10.6 Å². The summed E-state index contributed by atoms with van der Waals surface area (Å²) >= 11 is 0. The number of nitrogens with one attached hydrogen (secondary N) is 2. The van der Waals surface area contributed by atoms with Gasteiger partial charge in [0.05, 0.1) is 16.3 Å². The largest absolute Gasteiger partial charge is 0.376 e. The Kier molecular flexibility index (Phi) is 8.29. The molecular formula is C24H32N4O5S. The summed E-state index contributed by atoms with van der Waals surface area (Å²) < 4.78 is 32.7. The van der Waals surface area contributed by atoms with Crippen LogP contribution in [0.3, 0.4) is 0 Å².